The Bertz CT molecular complexity index is 484. The summed E-state index contributed by atoms with van der Waals surface area (Å²) in [6, 6.07) is -1.28. The third kappa shape index (κ3) is 4.85. The molecule has 0 saturated carbocycles. The van der Waals surface area contributed by atoms with Crippen LogP contribution in [-0.2, 0) is 19.1 Å². The summed E-state index contributed by atoms with van der Waals surface area (Å²) in [5.41, 5.74) is -0.619. The molecule has 1 saturated heterocycles. The van der Waals surface area contributed by atoms with Gasteiger partial charge in [0.15, 0.2) is 0 Å². The van der Waals surface area contributed by atoms with Gasteiger partial charge in [0.05, 0.1) is 7.11 Å². The molecular formula is C17H30N2O5. The van der Waals surface area contributed by atoms with Crippen LogP contribution < -0.4 is 0 Å². The van der Waals surface area contributed by atoms with Crippen LogP contribution in [0.2, 0.25) is 0 Å². The minimum atomic E-state index is -0.677. The van der Waals surface area contributed by atoms with Crippen molar-refractivity contribution < 1.29 is 23.9 Å². The van der Waals surface area contributed by atoms with Crippen LogP contribution in [0.1, 0.15) is 47.5 Å². The second-order valence-corrected chi connectivity index (χ2v) is 7.49. The highest BCUT2D eigenvalue weighted by Crippen LogP contribution is 2.24. The van der Waals surface area contributed by atoms with Gasteiger partial charge in [0.25, 0.3) is 0 Å². The number of hydrogen-bond acceptors (Lipinski definition) is 5. The second-order valence-electron chi connectivity index (χ2n) is 7.49. The van der Waals surface area contributed by atoms with Gasteiger partial charge in [0.1, 0.15) is 17.7 Å². The normalized spacial score (nSPS) is 19.2. The Morgan fingerprint density at radius 1 is 1.21 bits per heavy atom. The minimum absolute atomic E-state index is 0.0946. The van der Waals surface area contributed by atoms with Gasteiger partial charge < -0.3 is 14.4 Å². The molecule has 138 valence electrons. The number of amides is 2. The lowest BCUT2D eigenvalue weighted by atomic mass is 10.0. The number of ether oxygens (including phenoxy) is 2. The number of hydrogen-bond donors (Lipinski definition) is 0. The van der Waals surface area contributed by atoms with Crippen LogP contribution in [0.15, 0.2) is 0 Å². The molecule has 7 nitrogen and oxygen atoms in total. The Balaban J connectivity index is 2.91. The van der Waals surface area contributed by atoms with Gasteiger partial charge in [-0.3, -0.25) is 9.69 Å². The van der Waals surface area contributed by atoms with E-state index in [9.17, 15) is 14.4 Å². The monoisotopic (exact) mass is 342 g/mol. The Morgan fingerprint density at radius 2 is 1.79 bits per heavy atom. The molecule has 7 heteroatoms. The average Bonchev–Trinajstić information content (AvgIpc) is 2.93. The van der Waals surface area contributed by atoms with Crippen molar-refractivity contribution in [1.29, 1.82) is 0 Å². The zero-order chi connectivity index (χ0) is 18.7. The van der Waals surface area contributed by atoms with Crippen molar-refractivity contribution in [3.8, 4) is 0 Å². The Hall–Kier alpha value is -1.79. The topological polar surface area (TPSA) is 76.2 Å². The summed E-state index contributed by atoms with van der Waals surface area (Å²) >= 11 is 0. The minimum Gasteiger partial charge on any atom is -0.467 e. The molecule has 0 aliphatic carbocycles. The fraction of sp³-hybridized carbons (Fsp3) is 0.824. The molecule has 0 spiro atoms. The van der Waals surface area contributed by atoms with Crippen molar-refractivity contribution >= 4 is 18.0 Å². The van der Waals surface area contributed by atoms with Gasteiger partial charge in [-0.05, 0) is 39.5 Å². The molecule has 2 amide bonds. The Kier molecular flexibility index (Phi) is 6.63. The zero-order valence-corrected chi connectivity index (χ0v) is 15.8. The molecule has 1 rings (SSSR count). The number of carbonyl (C=O) groups excluding carboxylic acids is 3. The zero-order valence-electron chi connectivity index (χ0n) is 15.8. The van der Waals surface area contributed by atoms with E-state index in [1.54, 1.807) is 27.8 Å². The molecule has 0 aromatic rings. The lowest BCUT2D eigenvalue weighted by Gasteiger charge is -2.34. The summed E-state index contributed by atoms with van der Waals surface area (Å²) < 4.78 is 10.2. The largest absolute Gasteiger partial charge is 0.467 e. The number of methoxy groups -OCH3 is 1. The number of likely N-dealkylation sites (tertiary alicyclic amines) is 1. The van der Waals surface area contributed by atoms with Crippen LogP contribution in [0.3, 0.4) is 0 Å². The molecule has 1 heterocycles. The van der Waals surface area contributed by atoms with Crippen molar-refractivity contribution in [3.63, 3.8) is 0 Å². The third-order valence-electron chi connectivity index (χ3n) is 4.00. The standard InChI is InChI=1S/C17H30N2O5/c1-11(2)13(15(21)23-7)18(6)14(20)12-9-8-10-19(12)16(22)24-17(3,4)5/h11-13H,8-10H2,1-7H3/t12-,13-/m0/s1. The van der Waals surface area contributed by atoms with Gasteiger partial charge in [0, 0.05) is 13.6 Å². The van der Waals surface area contributed by atoms with Gasteiger partial charge >= 0.3 is 12.1 Å². The number of carbonyl (C=O) groups is 3. The van der Waals surface area contributed by atoms with Crippen molar-refractivity contribution in [2.45, 2.75) is 65.1 Å². The molecule has 0 bridgehead atoms. The summed E-state index contributed by atoms with van der Waals surface area (Å²) in [5.74, 6) is -0.812. The molecular weight excluding hydrogens is 312 g/mol. The molecule has 0 aromatic heterocycles. The average molecular weight is 342 g/mol. The number of nitrogens with zero attached hydrogens (tertiary/aromatic N) is 2. The molecule has 1 aliphatic heterocycles. The van der Waals surface area contributed by atoms with E-state index in [1.807, 2.05) is 13.8 Å². The SMILES string of the molecule is COC(=O)[C@H](C(C)C)N(C)C(=O)[C@@H]1CCCN1C(=O)OC(C)(C)C. The molecule has 0 aromatic carbocycles. The maximum absolute atomic E-state index is 12.9. The van der Waals surface area contributed by atoms with E-state index < -0.39 is 29.7 Å². The summed E-state index contributed by atoms with van der Waals surface area (Å²) in [7, 11) is 2.88. The van der Waals surface area contributed by atoms with Crippen LogP contribution in [0.5, 0.6) is 0 Å². The summed E-state index contributed by atoms with van der Waals surface area (Å²) in [6.07, 6.45) is 0.800. The first-order valence-corrected chi connectivity index (χ1v) is 8.33. The van der Waals surface area contributed by atoms with Crippen LogP contribution in [-0.4, -0.2) is 66.2 Å². The highest BCUT2D eigenvalue weighted by Gasteiger charge is 2.41. The van der Waals surface area contributed by atoms with Crippen LogP contribution in [0, 0.1) is 5.92 Å². The maximum atomic E-state index is 12.9. The van der Waals surface area contributed by atoms with Crippen molar-refractivity contribution in [1.82, 2.24) is 9.80 Å². The fourth-order valence-corrected chi connectivity index (χ4v) is 2.93. The number of esters is 1. The predicted molar refractivity (Wildman–Crippen MR) is 89.4 cm³/mol. The molecule has 2 atom stereocenters. The molecule has 0 unspecified atom stereocenters. The fourth-order valence-electron chi connectivity index (χ4n) is 2.93. The first kappa shape index (κ1) is 20.3. The van der Waals surface area contributed by atoms with Crippen LogP contribution >= 0.6 is 0 Å². The quantitative estimate of drug-likeness (QED) is 0.731. The van der Waals surface area contributed by atoms with Gasteiger partial charge in [-0.2, -0.15) is 0 Å². The Morgan fingerprint density at radius 3 is 2.25 bits per heavy atom. The van der Waals surface area contributed by atoms with Crippen molar-refractivity contribution in [2.24, 2.45) is 5.92 Å². The van der Waals surface area contributed by atoms with Gasteiger partial charge in [0.2, 0.25) is 5.91 Å². The van der Waals surface area contributed by atoms with E-state index in [2.05, 4.69) is 0 Å². The first-order chi connectivity index (χ1) is 11.0. The predicted octanol–water partition coefficient (Wildman–Crippen LogP) is 2.04. The van der Waals surface area contributed by atoms with E-state index >= 15 is 0 Å². The van der Waals surface area contributed by atoms with E-state index in [4.69, 9.17) is 9.47 Å². The second kappa shape index (κ2) is 7.85. The molecule has 24 heavy (non-hydrogen) atoms. The highest BCUT2D eigenvalue weighted by molar-refractivity contribution is 5.90. The molecule has 1 fully saturated rings. The lowest BCUT2D eigenvalue weighted by molar-refractivity contribution is -0.155. The van der Waals surface area contributed by atoms with Crippen LogP contribution in [0.25, 0.3) is 0 Å². The van der Waals surface area contributed by atoms with Gasteiger partial charge in [-0.1, -0.05) is 13.8 Å². The smallest absolute Gasteiger partial charge is 0.410 e. The van der Waals surface area contributed by atoms with Crippen molar-refractivity contribution in [2.75, 3.05) is 20.7 Å². The summed E-state index contributed by atoms with van der Waals surface area (Å²) in [5, 5.41) is 0. The van der Waals surface area contributed by atoms with E-state index in [1.165, 1.54) is 16.9 Å². The van der Waals surface area contributed by atoms with E-state index in [0.29, 0.717) is 13.0 Å². The number of rotatable bonds is 4. The third-order valence-corrected chi connectivity index (χ3v) is 4.00. The van der Waals surface area contributed by atoms with Crippen LogP contribution in [0.4, 0.5) is 4.79 Å². The molecule has 1 aliphatic rings. The number of likely N-dealkylation sites (N-methyl/N-ethyl adjacent to an activating group) is 1. The highest BCUT2D eigenvalue weighted by atomic mass is 16.6. The summed E-state index contributed by atoms with van der Waals surface area (Å²) in [4.78, 5) is 40.0. The summed E-state index contributed by atoms with van der Waals surface area (Å²) in [6.45, 7) is 9.54. The van der Waals surface area contributed by atoms with Gasteiger partial charge in [-0.25, -0.2) is 9.59 Å². The van der Waals surface area contributed by atoms with Gasteiger partial charge in [-0.15, -0.1) is 0 Å². The van der Waals surface area contributed by atoms with E-state index in [-0.39, 0.29) is 11.8 Å². The maximum Gasteiger partial charge on any atom is 0.410 e. The Labute approximate surface area is 144 Å². The molecule has 0 radical (unpaired) electrons. The molecule has 0 N–H and O–H groups in total. The van der Waals surface area contributed by atoms with Crippen molar-refractivity contribution in [3.05, 3.63) is 0 Å². The van der Waals surface area contributed by atoms with E-state index in [0.717, 1.165) is 6.42 Å². The lowest BCUT2D eigenvalue weighted by Crippen LogP contribution is -2.53. The first-order valence-electron chi connectivity index (χ1n) is 8.33.